The van der Waals surface area contributed by atoms with Crippen molar-refractivity contribution in [2.24, 2.45) is 0 Å². The number of nitrogens with one attached hydrogen (secondary N) is 1. The van der Waals surface area contributed by atoms with Crippen LogP contribution in [0.1, 0.15) is 19.9 Å². The van der Waals surface area contributed by atoms with Crippen LogP contribution in [0.5, 0.6) is 0 Å². The number of aromatic nitrogens is 5. The van der Waals surface area contributed by atoms with Crippen molar-refractivity contribution in [2.45, 2.75) is 24.9 Å². The largest absolute Gasteiger partial charge is 0.353 e. The normalized spacial score (nSPS) is 14.9. The topological polar surface area (TPSA) is 109 Å². The summed E-state index contributed by atoms with van der Waals surface area (Å²) >= 11 is 0. The smallest absolute Gasteiger partial charge is 0.281 e. The van der Waals surface area contributed by atoms with Crippen LogP contribution >= 0.6 is 0 Å². The van der Waals surface area contributed by atoms with E-state index >= 15 is 0 Å². The SMILES string of the molecule is CC(C)n1cnc(S(=O)(=O)Nc2cnc(N3CCN(c4ccccn4)CC3)nc2)c1. The number of nitrogens with zero attached hydrogens (tertiary/aromatic N) is 7. The maximum Gasteiger partial charge on any atom is 0.281 e. The number of sulfonamides is 1. The maximum atomic E-state index is 12.5. The molecule has 3 aromatic rings. The van der Waals surface area contributed by atoms with E-state index in [-0.39, 0.29) is 11.1 Å². The van der Waals surface area contributed by atoms with Gasteiger partial charge in [-0.25, -0.2) is 19.9 Å². The predicted molar refractivity (Wildman–Crippen MR) is 114 cm³/mol. The first-order valence-electron chi connectivity index (χ1n) is 9.71. The van der Waals surface area contributed by atoms with Gasteiger partial charge >= 0.3 is 0 Å². The molecule has 4 rings (SSSR count). The summed E-state index contributed by atoms with van der Waals surface area (Å²) in [6, 6.07) is 6.00. The lowest BCUT2D eigenvalue weighted by Crippen LogP contribution is -2.47. The molecule has 0 radical (unpaired) electrons. The molecule has 30 heavy (non-hydrogen) atoms. The molecule has 0 bridgehead atoms. The van der Waals surface area contributed by atoms with Crippen molar-refractivity contribution in [1.82, 2.24) is 24.5 Å². The molecule has 1 N–H and O–H groups in total. The van der Waals surface area contributed by atoms with Gasteiger partial charge in [0.05, 0.1) is 24.4 Å². The van der Waals surface area contributed by atoms with E-state index in [1.54, 1.807) is 10.8 Å². The Balaban J connectivity index is 1.38. The highest BCUT2D eigenvalue weighted by Gasteiger charge is 2.21. The van der Waals surface area contributed by atoms with Crippen molar-refractivity contribution in [1.29, 1.82) is 0 Å². The molecular formula is C19H24N8O2S. The third-order valence-corrected chi connectivity index (χ3v) is 6.14. The zero-order valence-electron chi connectivity index (χ0n) is 16.9. The molecule has 1 saturated heterocycles. The molecule has 1 fully saturated rings. The second-order valence-electron chi connectivity index (χ2n) is 7.29. The Morgan fingerprint density at radius 2 is 1.67 bits per heavy atom. The molecule has 0 saturated carbocycles. The number of piperazine rings is 1. The fourth-order valence-corrected chi connectivity index (χ4v) is 4.13. The van der Waals surface area contributed by atoms with Crippen molar-refractivity contribution < 1.29 is 8.42 Å². The summed E-state index contributed by atoms with van der Waals surface area (Å²) in [4.78, 5) is 21.3. The van der Waals surface area contributed by atoms with E-state index < -0.39 is 10.0 Å². The molecule has 0 unspecified atom stereocenters. The van der Waals surface area contributed by atoms with Gasteiger partial charge in [-0.1, -0.05) is 6.07 Å². The Bertz CT molecular complexity index is 1080. The molecule has 3 aromatic heterocycles. The first kappa shape index (κ1) is 20.1. The molecule has 158 valence electrons. The average molecular weight is 429 g/mol. The van der Waals surface area contributed by atoms with Gasteiger partial charge in [0.2, 0.25) is 5.95 Å². The highest BCUT2D eigenvalue weighted by Crippen LogP contribution is 2.18. The van der Waals surface area contributed by atoms with E-state index in [1.807, 2.05) is 32.0 Å². The Kier molecular flexibility index (Phi) is 5.53. The van der Waals surface area contributed by atoms with Crippen molar-refractivity contribution in [2.75, 3.05) is 40.7 Å². The third kappa shape index (κ3) is 4.35. The molecule has 4 heterocycles. The Morgan fingerprint density at radius 1 is 0.967 bits per heavy atom. The lowest BCUT2D eigenvalue weighted by atomic mass is 10.3. The third-order valence-electron chi connectivity index (χ3n) is 4.88. The van der Waals surface area contributed by atoms with Gasteiger partial charge in [-0.05, 0) is 26.0 Å². The quantitative estimate of drug-likeness (QED) is 0.633. The summed E-state index contributed by atoms with van der Waals surface area (Å²) in [6.45, 7) is 7.05. The summed E-state index contributed by atoms with van der Waals surface area (Å²) in [5, 5.41) is -0.0362. The molecule has 0 aliphatic carbocycles. The molecule has 11 heteroatoms. The Hall–Kier alpha value is -3.21. The van der Waals surface area contributed by atoms with E-state index in [9.17, 15) is 8.42 Å². The first-order valence-corrected chi connectivity index (χ1v) is 11.2. The summed E-state index contributed by atoms with van der Waals surface area (Å²) in [6.07, 6.45) is 7.75. The van der Waals surface area contributed by atoms with E-state index in [2.05, 4.69) is 34.5 Å². The molecule has 1 aliphatic rings. The minimum Gasteiger partial charge on any atom is -0.353 e. The maximum absolute atomic E-state index is 12.5. The second-order valence-corrected chi connectivity index (χ2v) is 8.92. The fraction of sp³-hybridized carbons (Fsp3) is 0.368. The number of anilines is 3. The van der Waals surface area contributed by atoms with Gasteiger partial charge in [0.25, 0.3) is 10.0 Å². The zero-order valence-corrected chi connectivity index (χ0v) is 17.7. The van der Waals surface area contributed by atoms with Crippen LogP contribution in [-0.2, 0) is 10.0 Å². The van der Waals surface area contributed by atoms with E-state index in [0.29, 0.717) is 11.6 Å². The molecule has 10 nitrogen and oxygen atoms in total. The van der Waals surface area contributed by atoms with Crippen LogP contribution in [0.15, 0.2) is 54.3 Å². The highest BCUT2D eigenvalue weighted by molar-refractivity contribution is 7.92. The lowest BCUT2D eigenvalue weighted by Gasteiger charge is -2.35. The number of hydrogen-bond donors (Lipinski definition) is 1. The van der Waals surface area contributed by atoms with Crippen LogP contribution in [-0.4, -0.2) is 59.1 Å². The van der Waals surface area contributed by atoms with Gasteiger partial charge in [0.15, 0.2) is 5.03 Å². The first-order chi connectivity index (χ1) is 14.4. The van der Waals surface area contributed by atoms with Crippen LogP contribution in [0.3, 0.4) is 0 Å². The molecule has 0 spiro atoms. The van der Waals surface area contributed by atoms with Crippen LogP contribution in [0.4, 0.5) is 17.5 Å². The summed E-state index contributed by atoms with van der Waals surface area (Å²) in [5.74, 6) is 1.53. The van der Waals surface area contributed by atoms with Gasteiger partial charge in [-0.15, -0.1) is 0 Å². The number of hydrogen-bond acceptors (Lipinski definition) is 8. The molecule has 1 aliphatic heterocycles. The monoisotopic (exact) mass is 428 g/mol. The minimum absolute atomic E-state index is 0.0362. The summed E-state index contributed by atoms with van der Waals surface area (Å²) < 4.78 is 29.3. The molecule has 0 aromatic carbocycles. The van der Waals surface area contributed by atoms with E-state index in [1.165, 1.54) is 24.9 Å². The summed E-state index contributed by atoms with van der Waals surface area (Å²) in [7, 11) is -3.79. The van der Waals surface area contributed by atoms with Crippen LogP contribution < -0.4 is 14.5 Å². The zero-order chi connectivity index (χ0) is 21.1. The number of rotatable bonds is 6. The van der Waals surface area contributed by atoms with Crippen molar-refractivity contribution in [3.8, 4) is 0 Å². The highest BCUT2D eigenvalue weighted by atomic mass is 32.2. The molecule has 0 amide bonds. The van der Waals surface area contributed by atoms with Crippen molar-refractivity contribution in [3.05, 3.63) is 49.3 Å². The van der Waals surface area contributed by atoms with Gasteiger partial charge in [-0.3, -0.25) is 4.72 Å². The van der Waals surface area contributed by atoms with Crippen molar-refractivity contribution >= 4 is 27.5 Å². The molecular weight excluding hydrogens is 404 g/mol. The van der Waals surface area contributed by atoms with E-state index in [0.717, 1.165) is 32.0 Å². The van der Waals surface area contributed by atoms with Gasteiger partial charge < -0.3 is 14.4 Å². The Labute approximate surface area is 175 Å². The second kappa shape index (κ2) is 8.27. The number of pyridine rings is 1. The van der Waals surface area contributed by atoms with E-state index in [4.69, 9.17) is 0 Å². The Morgan fingerprint density at radius 3 is 2.27 bits per heavy atom. The van der Waals surface area contributed by atoms with Crippen LogP contribution in [0.25, 0.3) is 0 Å². The van der Waals surface area contributed by atoms with Gasteiger partial charge in [0.1, 0.15) is 5.82 Å². The van der Waals surface area contributed by atoms with Crippen LogP contribution in [0.2, 0.25) is 0 Å². The number of imidazole rings is 1. The minimum atomic E-state index is -3.79. The summed E-state index contributed by atoms with van der Waals surface area (Å²) in [5.41, 5.74) is 0.296. The lowest BCUT2D eigenvalue weighted by molar-refractivity contribution is 0.591. The van der Waals surface area contributed by atoms with Crippen LogP contribution in [0, 0.1) is 0 Å². The molecule has 0 atom stereocenters. The standard InChI is InChI=1S/C19H24N8O2S/c1-15(2)27-13-18(23-14-27)30(28,29)24-16-11-21-19(22-12-16)26-9-7-25(8-10-26)17-5-3-4-6-20-17/h3-6,11-15,24H,7-10H2,1-2H3. The van der Waals surface area contributed by atoms with Gasteiger partial charge in [0, 0.05) is 44.6 Å². The predicted octanol–water partition coefficient (Wildman–Crippen LogP) is 1.78. The average Bonchev–Trinajstić information content (AvgIpc) is 3.27. The fourth-order valence-electron chi connectivity index (χ4n) is 3.16. The van der Waals surface area contributed by atoms with Crippen molar-refractivity contribution in [3.63, 3.8) is 0 Å². The van der Waals surface area contributed by atoms with Gasteiger partial charge in [-0.2, -0.15) is 8.42 Å².